The zero-order valence-electron chi connectivity index (χ0n) is 11.8. The number of aryl methyl sites for hydroxylation is 1. The van der Waals surface area contributed by atoms with Gasteiger partial charge in [0.15, 0.2) is 5.78 Å². The van der Waals surface area contributed by atoms with Crippen LogP contribution in [-0.2, 0) is 6.42 Å². The first-order chi connectivity index (χ1) is 10.2. The number of fused-ring (bicyclic) bond motifs is 1. The Morgan fingerprint density at radius 1 is 1.38 bits per heavy atom. The first-order valence-electron chi connectivity index (χ1n) is 7.02. The summed E-state index contributed by atoms with van der Waals surface area (Å²) in [6.45, 7) is 0. The molecule has 1 aromatic heterocycles. The van der Waals surface area contributed by atoms with Crippen molar-refractivity contribution in [3.05, 3.63) is 57.8 Å². The highest BCUT2D eigenvalue weighted by atomic mass is 79.9. The molecule has 1 unspecified atom stereocenters. The number of ether oxygens (including phenoxy) is 1. The maximum Gasteiger partial charge on any atom is 0.173 e. The monoisotopic (exact) mass is 345 g/mol. The number of rotatable bonds is 3. The third kappa shape index (κ3) is 2.72. The van der Waals surface area contributed by atoms with Gasteiger partial charge in [-0.25, -0.2) is 0 Å². The van der Waals surface area contributed by atoms with Gasteiger partial charge < -0.3 is 4.74 Å². The lowest BCUT2D eigenvalue weighted by atomic mass is 9.82. The fourth-order valence-corrected chi connectivity index (χ4v) is 3.31. The van der Waals surface area contributed by atoms with Crippen LogP contribution in [0.4, 0.5) is 0 Å². The number of benzene rings is 1. The Hall–Kier alpha value is -1.68. The summed E-state index contributed by atoms with van der Waals surface area (Å²) >= 11 is 3.47. The van der Waals surface area contributed by atoms with Crippen LogP contribution in [0.5, 0.6) is 5.75 Å². The summed E-state index contributed by atoms with van der Waals surface area (Å²) < 4.78 is 6.03. The van der Waals surface area contributed by atoms with Crippen molar-refractivity contribution in [3.63, 3.8) is 0 Å². The van der Waals surface area contributed by atoms with Crippen molar-refractivity contribution in [3.8, 4) is 5.75 Å². The number of halogens is 1. The number of aromatic nitrogens is 1. The average molecular weight is 346 g/mol. The molecule has 0 fully saturated rings. The lowest BCUT2D eigenvalue weighted by Crippen LogP contribution is -2.20. The van der Waals surface area contributed by atoms with Gasteiger partial charge in [-0.05, 0) is 49.1 Å². The van der Waals surface area contributed by atoms with Crippen molar-refractivity contribution in [2.45, 2.75) is 25.2 Å². The van der Waals surface area contributed by atoms with Crippen molar-refractivity contribution < 1.29 is 9.53 Å². The molecular weight excluding hydrogens is 330 g/mol. The normalized spacial score (nSPS) is 17.1. The van der Waals surface area contributed by atoms with Crippen LogP contribution < -0.4 is 4.74 Å². The highest BCUT2D eigenvalue weighted by Crippen LogP contribution is 2.35. The molecule has 0 spiro atoms. The van der Waals surface area contributed by atoms with Crippen LogP contribution in [0.25, 0.3) is 0 Å². The Bertz CT molecular complexity index is 684. The number of Topliss-reactive ketones (excluding diaryl/α,β-unsaturated/α-hetero) is 1. The van der Waals surface area contributed by atoms with Crippen LogP contribution in [-0.4, -0.2) is 17.9 Å². The second kappa shape index (κ2) is 5.98. The maximum atomic E-state index is 12.9. The molecular formula is C17H16BrNO2. The van der Waals surface area contributed by atoms with E-state index in [1.54, 1.807) is 19.4 Å². The van der Waals surface area contributed by atoms with Gasteiger partial charge >= 0.3 is 0 Å². The molecule has 2 aromatic rings. The Labute approximate surface area is 132 Å². The van der Waals surface area contributed by atoms with Crippen LogP contribution in [0.3, 0.4) is 0 Å². The third-order valence-electron chi connectivity index (χ3n) is 3.95. The van der Waals surface area contributed by atoms with Crippen molar-refractivity contribution >= 4 is 21.7 Å². The van der Waals surface area contributed by atoms with Crippen LogP contribution in [0.2, 0.25) is 0 Å². The van der Waals surface area contributed by atoms with E-state index in [4.69, 9.17) is 4.74 Å². The minimum absolute atomic E-state index is 0.112. The highest BCUT2D eigenvalue weighted by molar-refractivity contribution is 9.10. The number of hydrogen-bond acceptors (Lipinski definition) is 3. The van der Waals surface area contributed by atoms with E-state index in [0.29, 0.717) is 11.3 Å². The Kier molecular flexibility index (Phi) is 4.06. The molecule has 0 amide bonds. The van der Waals surface area contributed by atoms with Gasteiger partial charge in [-0.15, -0.1) is 0 Å². The summed E-state index contributed by atoms with van der Waals surface area (Å²) in [6.07, 6.45) is 4.65. The maximum absolute atomic E-state index is 12.9. The van der Waals surface area contributed by atoms with E-state index in [2.05, 4.69) is 27.0 Å². The summed E-state index contributed by atoms with van der Waals surface area (Å²) in [5.41, 5.74) is 2.79. The fourth-order valence-electron chi connectivity index (χ4n) is 2.87. The van der Waals surface area contributed by atoms with E-state index < -0.39 is 0 Å². The predicted molar refractivity (Wildman–Crippen MR) is 84.9 cm³/mol. The van der Waals surface area contributed by atoms with E-state index in [-0.39, 0.29) is 11.7 Å². The van der Waals surface area contributed by atoms with Gasteiger partial charge in [-0.3, -0.25) is 9.78 Å². The average Bonchev–Trinajstić information content (AvgIpc) is 2.54. The quantitative estimate of drug-likeness (QED) is 0.784. The van der Waals surface area contributed by atoms with E-state index in [1.165, 1.54) is 5.56 Å². The SMILES string of the molecule is COc1ccc(Br)c(C(=O)C2CCCc3cccnc32)c1. The van der Waals surface area contributed by atoms with Crippen molar-refractivity contribution in [1.29, 1.82) is 0 Å². The van der Waals surface area contributed by atoms with Gasteiger partial charge in [0.05, 0.1) is 18.7 Å². The molecule has 1 heterocycles. The highest BCUT2D eigenvalue weighted by Gasteiger charge is 2.29. The number of hydrogen-bond donors (Lipinski definition) is 0. The second-order valence-corrected chi connectivity index (χ2v) is 6.06. The largest absolute Gasteiger partial charge is 0.497 e. The molecule has 1 aliphatic carbocycles. The molecule has 1 aliphatic rings. The summed E-state index contributed by atoms with van der Waals surface area (Å²) in [6, 6.07) is 9.50. The summed E-state index contributed by atoms with van der Waals surface area (Å²) in [5.74, 6) is 0.650. The predicted octanol–water partition coefficient (Wildman–Crippen LogP) is 4.16. The molecule has 0 N–H and O–H groups in total. The first kappa shape index (κ1) is 14.3. The van der Waals surface area contributed by atoms with Crippen LogP contribution in [0.1, 0.15) is 40.4 Å². The molecule has 4 heteroatoms. The van der Waals surface area contributed by atoms with E-state index >= 15 is 0 Å². The Morgan fingerprint density at radius 2 is 2.24 bits per heavy atom. The lowest BCUT2D eigenvalue weighted by Gasteiger charge is -2.23. The fraction of sp³-hybridized carbons (Fsp3) is 0.294. The molecule has 21 heavy (non-hydrogen) atoms. The van der Waals surface area contributed by atoms with Gasteiger partial charge in [0.2, 0.25) is 0 Å². The van der Waals surface area contributed by atoms with Crippen molar-refractivity contribution in [2.75, 3.05) is 7.11 Å². The minimum atomic E-state index is -0.154. The van der Waals surface area contributed by atoms with Crippen molar-refractivity contribution in [1.82, 2.24) is 4.98 Å². The molecule has 0 bridgehead atoms. The molecule has 108 valence electrons. The third-order valence-corrected chi connectivity index (χ3v) is 4.64. The molecule has 0 aliphatic heterocycles. The van der Waals surface area contributed by atoms with Crippen LogP contribution in [0.15, 0.2) is 41.0 Å². The molecule has 1 atom stereocenters. The first-order valence-corrected chi connectivity index (χ1v) is 7.81. The van der Waals surface area contributed by atoms with Gasteiger partial charge in [0.1, 0.15) is 5.75 Å². The molecule has 3 rings (SSSR count). The molecule has 3 nitrogen and oxygen atoms in total. The smallest absolute Gasteiger partial charge is 0.173 e. The summed E-state index contributed by atoms with van der Waals surface area (Å²) in [5, 5.41) is 0. The van der Waals surface area contributed by atoms with Gasteiger partial charge in [0, 0.05) is 16.2 Å². The molecule has 1 aromatic carbocycles. The number of ketones is 1. The molecule has 0 radical (unpaired) electrons. The van der Waals surface area contributed by atoms with Crippen LogP contribution in [0, 0.1) is 0 Å². The Balaban J connectivity index is 2.00. The van der Waals surface area contributed by atoms with Gasteiger partial charge in [-0.2, -0.15) is 0 Å². The van der Waals surface area contributed by atoms with Gasteiger partial charge in [0.25, 0.3) is 0 Å². The molecule has 0 saturated heterocycles. The summed E-state index contributed by atoms with van der Waals surface area (Å²) in [4.78, 5) is 17.4. The van der Waals surface area contributed by atoms with E-state index in [9.17, 15) is 4.79 Å². The molecule has 0 saturated carbocycles. The van der Waals surface area contributed by atoms with E-state index in [0.717, 1.165) is 29.4 Å². The zero-order chi connectivity index (χ0) is 14.8. The van der Waals surface area contributed by atoms with Crippen LogP contribution >= 0.6 is 15.9 Å². The zero-order valence-corrected chi connectivity index (χ0v) is 13.4. The number of carbonyl (C=O) groups is 1. The van der Waals surface area contributed by atoms with Gasteiger partial charge in [-0.1, -0.05) is 22.0 Å². The summed E-state index contributed by atoms with van der Waals surface area (Å²) in [7, 11) is 1.61. The van der Waals surface area contributed by atoms with Crippen molar-refractivity contribution in [2.24, 2.45) is 0 Å². The number of pyridine rings is 1. The van der Waals surface area contributed by atoms with E-state index in [1.807, 2.05) is 18.2 Å². The number of methoxy groups -OCH3 is 1. The topological polar surface area (TPSA) is 39.2 Å². The second-order valence-electron chi connectivity index (χ2n) is 5.20. The number of nitrogens with zero attached hydrogens (tertiary/aromatic N) is 1. The lowest BCUT2D eigenvalue weighted by molar-refractivity contribution is 0.0948. The minimum Gasteiger partial charge on any atom is -0.497 e. The standard InChI is InChI=1S/C17H16BrNO2/c1-21-12-7-8-15(18)14(10-12)17(20)13-6-2-4-11-5-3-9-19-16(11)13/h3,5,7-10,13H,2,4,6H2,1H3. The number of carbonyl (C=O) groups excluding carboxylic acids is 1. The Morgan fingerprint density at radius 3 is 3.05 bits per heavy atom.